The maximum absolute atomic E-state index is 12.4. The van der Waals surface area contributed by atoms with E-state index < -0.39 is 16.1 Å². The highest BCUT2D eigenvalue weighted by molar-refractivity contribution is 7.89. The molecule has 0 unspecified atom stereocenters. The zero-order chi connectivity index (χ0) is 15.6. The monoisotopic (exact) mass is 313 g/mol. The fourth-order valence-electron chi connectivity index (χ4n) is 2.18. The largest absolute Gasteiger partial charge is 0.467 e. The molecule has 0 amide bonds. The van der Waals surface area contributed by atoms with Crippen LogP contribution in [0.25, 0.3) is 0 Å². The summed E-state index contributed by atoms with van der Waals surface area (Å²) < 4.78 is 39.4. The zero-order valence-electron chi connectivity index (χ0n) is 12.5. The van der Waals surface area contributed by atoms with Crippen LogP contribution in [0.2, 0.25) is 0 Å². The first-order valence-electron chi connectivity index (χ1n) is 6.43. The lowest BCUT2D eigenvalue weighted by Gasteiger charge is -2.14. The van der Waals surface area contributed by atoms with Crippen molar-refractivity contribution in [1.82, 2.24) is 14.5 Å². The Balaban J connectivity index is 2.18. The molecule has 0 bridgehead atoms. The van der Waals surface area contributed by atoms with Gasteiger partial charge in [0.05, 0.1) is 17.7 Å². The van der Waals surface area contributed by atoms with Gasteiger partial charge in [0.1, 0.15) is 16.8 Å². The summed E-state index contributed by atoms with van der Waals surface area (Å²) >= 11 is 0. The molecule has 116 valence electrons. The Morgan fingerprint density at radius 3 is 2.67 bits per heavy atom. The molecule has 1 N–H and O–H groups in total. The fraction of sp³-hybridized carbons (Fsp3) is 0.462. The van der Waals surface area contributed by atoms with Gasteiger partial charge in [-0.3, -0.25) is 4.68 Å². The van der Waals surface area contributed by atoms with E-state index in [-0.39, 0.29) is 11.4 Å². The first-order chi connectivity index (χ1) is 9.86. The SMILES string of the molecule is CO[C@H](CNS(=O)(=O)c1c(C)nn(C)c1C)c1ccco1. The van der Waals surface area contributed by atoms with Crippen molar-refractivity contribution < 1.29 is 17.6 Å². The first kappa shape index (κ1) is 15.7. The van der Waals surface area contributed by atoms with E-state index in [1.807, 2.05) is 0 Å². The molecule has 0 spiro atoms. The number of rotatable bonds is 6. The van der Waals surface area contributed by atoms with Crippen LogP contribution in [-0.4, -0.2) is 31.9 Å². The van der Waals surface area contributed by atoms with Crippen LogP contribution in [0.15, 0.2) is 27.7 Å². The molecule has 2 aromatic rings. The second-order valence-electron chi connectivity index (χ2n) is 4.72. The van der Waals surface area contributed by atoms with Crippen molar-refractivity contribution in [1.29, 1.82) is 0 Å². The van der Waals surface area contributed by atoms with Gasteiger partial charge in [-0.1, -0.05) is 0 Å². The Hall–Kier alpha value is -1.64. The molecule has 7 nitrogen and oxygen atoms in total. The van der Waals surface area contributed by atoms with Crippen molar-refractivity contribution in [2.24, 2.45) is 7.05 Å². The van der Waals surface area contributed by atoms with E-state index in [0.29, 0.717) is 17.1 Å². The molecule has 1 atom stereocenters. The number of methoxy groups -OCH3 is 1. The molecular weight excluding hydrogens is 294 g/mol. The van der Waals surface area contributed by atoms with E-state index in [2.05, 4.69) is 9.82 Å². The quantitative estimate of drug-likeness (QED) is 0.868. The lowest BCUT2D eigenvalue weighted by molar-refractivity contribution is 0.0878. The molecule has 21 heavy (non-hydrogen) atoms. The smallest absolute Gasteiger partial charge is 0.244 e. The third-order valence-electron chi connectivity index (χ3n) is 3.32. The number of hydrogen-bond acceptors (Lipinski definition) is 5. The highest BCUT2D eigenvalue weighted by Crippen LogP contribution is 2.20. The van der Waals surface area contributed by atoms with Crippen LogP contribution in [-0.2, 0) is 21.8 Å². The zero-order valence-corrected chi connectivity index (χ0v) is 13.3. The number of nitrogens with one attached hydrogen (secondary N) is 1. The molecule has 0 aliphatic heterocycles. The predicted octanol–water partition coefficient (Wildman–Crippen LogP) is 1.30. The Morgan fingerprint density at radius 2 is 2.19 bits per heavy atom. The summed E-state index contributed by atoms with van der Waals surface area (Å²) in [4.78, 5) is 0.208. The summed E-state index contributed by atoms with van der Waals surface area (Å²) in [7, 11) is -0.439. The van der Waals surface area contributed by atoms with Crippen LogP contribution in [0, 0.1) is 13.8 Å². The van der Waals surface area contributed by atoms with Gasteiger partial charge in [0.25, 0.3) is 0 Å². The molecule has 2 heterocycles. The van der Waals surface area contributed by atoms with Crippen LogP contribution in [0.5, 0.6) is 0 Å². The summed E-state index contributed by atoms with van der Waals surface area (Å²) in [5.41, 5.74) is 1.06. The second kappa shape index (κ2) is 6.00. The minimum absolute atomic E-state index is 0.0835. The fourth-order valence-corrected chi connectivity index (χ4v) is 3.64. The number of furan rings is 1. The Bertz CT molecular complexity index is 704. The number of ether oxygens (including phenoxy) is 1. The number of sulfonamides is 1. The van der Waals surface area contributed by atoms with Gasteiger partial charge >= 0.3 is 0 Å². The van der Waals surface area contributed by atoms with Crippen molar-refractivity contribution in [2.75, 3.05) is 13.7 Å². The predicted molar refractivity (Wildman–Crippen MR) is 76.3 cm³/mol. The summed E-state index contributed by atoms with van der Waals surface area (Å²) in [6, 6.07) is 3.47. The third kappa shape index (κ3) is 3.17. The van der Waals surface area contributed by atoms with Crippen molar-refractivity contribution in [3.05, 3.63) is 35.5 Å². The average molecular weight is 313 g/mol. The van der Waals surface area contributed by atoms with Crippen LogP contribution < -0.4 is 4.72 Å². The maximum atomic E-state index is 12.4. The molecular formula is C13H19N3O4S. The Morgan fingerprint density at radius 1 is 1.48 bits per heavy atom. The lowest BCUT2D eigenvalue weighted by atomic mass is 10.3. The maximum Gasteiger partial charge on any atom is 0.244 e. The summed E-state index contributed by atoms with van der Waals surface area (Å²) in [6.07, 6.45) is 1.04. The van der Waals surface area contributed by atoms with E-state index in [1.165, 1.54) is 13.4 Å². The molecule has 0 aliphatic rings. The number of aromatic nitrogens is 2. The van der Waals surface area contributed by atoms with E-state index >= 15 is 0 Å². The highest BCUT2D eigenvalue weighted by Gasteiger charge is 2.25. The van der Waals surface area contributed by atoms with Crippen LogP contribution in [0.1, 0.15) is 23.3 Å². The van der Waals surface area contributed by atoms with Crippen molar-refractivity contribution in [3.8, 4) is 0 Å². The molecule has 0 radical (unpaired) electrons. The number of aryl methyl sites for hydroxylation is 2. The van der Waals surface area contributed by atoms with E-state index in [1.54, 1.807) is 37.7 Å². The van der Waals surface area contributed by atoms with Gasteiger partial charge in [0, 0.05) is 20.7 Å². The van der Waals surface area contributed by atoms with Crippen LogP contribution >= 0.6 is 0 Å². The van der Waals surface area contributed by atoms with Gasteiger partial charge in [0.2, 0.25) is 10.0 Å². The van der Waals surface area contributed by atoms with E-state index in [4.69, 9.17) is 9.15 Å². The van der Waals surface area contributed by atoms with Crippen molar-refractivity contribution in [3.63, 3.8) is 0 Å². The van der Waals surface area contributed by atoms with Crippen LogP contribution in [0.3, 0.4) is 0 Å². The van der Waals surface area contributed by atoms with Crippen LogP contribution in [0.4, 0.5) is 0 Å². The molecule has 0 saturated carbocycles. The number of hydrogen-bond donors (Lipinski definition) is 1. The minimum atomic E-state index is -3.65. The van der Waals surface area contributed by atoms with Crippen molar-refractivity contribution in [2.45, 2.75) is 24.8 Å². The van der Waals surface area contributed by atoms with Gasteiger partial charge in [-0.25, -0.2) is 13.1 Å². The Labute approximate surface area is 124 Å². The molecule has 2 aromatic heterocycles. The number of nitrogens with zero attached hydrogens (tertiary/aromatic N) is 2. The van der Waals surface area contributed by atoms with E-state index in [0.717, 1.165) is 0 Å². The van der Waals surface area contributed by atoms with Gasteiger partial charge in [0.15, 0.2) is 0 Å². The normalized spacial score (nSPS) is 13.5. The molecule has 0 aliphatic carbocycles. The van der Waals surface area contributed by atoms with Gasteiger partial charge in [-0.05, 0) is 26.0 Å². The minimum Gasteiger partial charge on any atom is -0.467 e. The molecule has 0 aromatic carbocycles. The Kier molecular flexibility index (Phi) is 4.50. The van der Waals surface area contributed by atoms with Crippen molar-refractivity contribution >= 4 is 10.0 Å². The molecule has 0 fully saturated rings. The summed E-state index contributed by atoms with van der Waals surface area (Å²) in [5, 5.41) is 4.12. The lowest BCUT2D eigenvalue weighted by Crippen LogP contribution is -2.29. The standard InChI is InChI=1S/C13H19N3O4S/c1-9-13(10(2)16(3)15-9)21(17,18)14-8-12(19-4)11-6-5-7-20-11/h5-7,12,14H,8H2,1-4H3/t12-/m1/s1. The van der Waals surface area contributed by atoms with E-state index in [9.17, 15) is 8.42 Å². The average Bonchev–Trinajstić information content (AvgIpc) is 3.00. The second-order valence-corrected chi connectivity index (χ2v) is 6.42. The van der Waals surface area contributed by atoms with Gasteiger partial charge in [-0.2, -0.15) is 5.10 Å². The highest BCUT2D eigenvalue weighted by atomic mass is 32.2. The molecule has 0 saturated heterocycles. The van der Waals surface area contributed by atoms with Gasteiger partial charge in [-0.15, -0.1) is 0 Å². The first-order valence-corrected chi connectivity index (χ1v) is 7.91. The molecule has 8 heteroatoms. The third-order valence-corrected chi connectivity index (χ3v) is 4.99. The summed E-state index contributed by atoms with van der Waals surface area (Å²) in [5.74, 6) is 0.569. The molecule has 2 rings (SSSR count). The van der Waals surface area contributed by atoms with Gasteiger partial charge < -0.3 is 9.15 Å². The summed E-state index contributed by atoms with van der Waals surface area (Å²) in [6.45, 7) is 3.47. The topological polar surface area (TPSA) is 86.4 Å².